The second kappa shape index (κ2) is 7.26. The van der Waals surface area contributed by atoms with E-state index in [0.29, 0.717) is 29.4 Å². The topological polar surface area (TPSA) is 98.9 Å². The first-order chi connectivity index (χ1) is 14.5. The van der Waals surface area contributed by atoms with Gasteiger partial charge in [0.1, 0.15) is 18.0 Å². The van der Waals surface area contributed by atoms with Gasteiger partial charge in [0.05, 0.1) is 18.7 Å². The fraction of sp³-hybridized carbons (Fsp3) is 0.500. The molecular formula is C20H22FN7O2. The predicted octanol–water partition coefficient (Wildman–Crippen LogP) is 1.95. The van der Waals surface area contributed by atoms with Crippen molar-refractivity contribution in [1.82, 2.24) is 34.4 Å². The van der Waals surface area contributed by atoms with Crippen LogP contribution in [0.25, 0.3) is 22.6 Å². The van der Waals surface area contributed by atoms with Crippen molar-refractivity contribution >= 4 is 17.1 Å². The van der Waals surface area contributed by atoms with Gasteiger partial charge in [-0.25, -0.2) is 24.3 Å². The molecule has 2 fully saturated rings. The van der Waals surface area contributed by atoms with E-state index in [0.717, 1.165) is 18.4 Å². The van der Waals surface area contributed by atoms with E-state index in [-0.39, 0.29) is 30.8 Å². The van der Waals surface area contributed by atoms with Gasteiger partial charge in [-0.1, -0.05) is 0 Å². The minimum absolute atomic E-state index is 0.0218. The number of aryl methyl sites for hydroxylation is 2. The van der Waals surface area contributed by atoms with Crippen LogP contribution in [0, 0.1) is 12.8 Å². The average Bonchev–Trinajstić information content (AvgIpc) is 3.44. The Hall–Kier alpha value is -3.17. The summed E-state index contributed by atoms with van der Waals surface area (Å²) in [7, 11) is 0. The molecule has 0 N–H and O–H groups in total. The van der Waals surface area contributed by atoms with Crippen molar-refractivity contribution in [2.24, 2.45) is 5.92 Å². The van der Waals surface area contributed by atoms with E-state index in [1.807, 2.05) is 18.4 Å². The number of nitrogens with zero attached hydrogens (tertiary/aromatic N) is 7. The number of hydrogen-bond donors (Lipinski definition) is 0. The molecule has 0 aromatic carbocycles. The Morgan fingerprint density at radius 1 is 1.20 bits per heavy atom. The van der Waals surface area contributed by atoms with Crippen LogP contribution in [0.4, 0.5) is 4.39 Å². The van der Waals surface area contributed by atoms with Gasteiger partial charge in [0, 0.05) is 24.9 Å². The van der Waals surface area contributed by atoms with E-state index in [4.69, 9.17) is 4.74 Å². The van der Waals surface area contributed by atoms with E-state index >= 15 is 0 Å². The van der Waals surface area contributed by atoms with Gasteiger partial charge in [-0.3, -0.25) is 4.79 Å². The zero-order chi connectivity index (χ0) is 20.8. The van der Waals surface area contributed by atoms with Crippen molar-refractivity contribution in [3.8, 4) is 17.3 Å². The Labute approximate surface area is 172 Å². The molecule has 2 unspecified atom stereocenters. The average molecular weight is 411 g/mol. The lowest BCUT2D eigenvalue weighted by Crippen LogP contribution is -2.32. The molecule has 0 radical (unpaired) electrons. The maximum atomic E-state index is 14.6. The summed E-state index contributed by atoms with van der Waals surface area (Å²) in [6, 6.07) is 0. The summed E-state index contributed by atoms with van der Waals surface area (Å²) in [6.07, 6.45) is 4.55. The van der Waals surface area contributed by atoms with Crippen LogP contribution in [-0.4, -0.2) is 65.7 Å². The predicted molar refractivity (Wildman–Crippen MR) is 105 cm³/mol. The van der Waals surface area contributed by atoms with Crippen LogP contribution in [0.1, 0.15) is 25.6 Å². The highest BCUT2D eigenvalue weighted by molar-refractivity contribution is 5.82. The first kappa shape index (κ1) is 18.8. The zero-order valence-corrected chi connectivity index (χ0v) is 16.8. The molecule has 0 spiro atoms. The lowest BCUT2D eigenvalue weighted by Gasteiger charge is -2.16. The Balaban J connectivity index is 1.46. The monoisotopic (exact) mass is 411 g/mol. The fourth-order valence-corrected chi connectivity index (χ4v) is 3.79. The van der Waals surface area contributed by atoms with Crippen LogP contribution < -0.4 is 4.74 Å². The second-order valence-corrected chi connectivity index (χ2v) is 7.74. The van der Waals surface area contributed by atoms with Crippen molar-refractivity contribution in [1.29, 1.82) is 0 Å². The Kier molecular flexibility index (Phi) is 4.56. The summed E-state index contributed by atoms with van der Waals surface area (Å²) in [5.74, 6) is 1.61. The summed E-state index contributed by atoms with van der Waals surface area (Å²) < 4.78 is 22.5. The van der Waals surface area contributed by atoms with Crippen LogP contribution >= 0.6 is 0 Å². The van der Waals surface area contributed by atoms with E-state index in [1.54, 1.807) is 17.3 Å². The molecular weight excluding hydrogens is 389 g/mol. The number of amides is 1. The third-order valence-corrected chi connectivity index (χ3v) is 5.55. The maximum absolute atomic E-state index is 14.6. The fourth-order valence-electron chi connectivity index (χ4n) is 3.79. The van der Waals surface area contributed by atoms with E-state index < -0.39 is 12.3 Å². The smallest absolute Gasteiger partial charge is 0.245 e. The van der Waals surface area contributed by atoms with E-state index in [2.05, 4.69) is 24.9 Å². The summed E-state index contributed by atoms with van der Waals surface area (Å²) in [4.78, 5) is 35.6. The Morgan fingerprint density at radius 2 is 1.97 bits per heavy atom. The van der Waals surface area contributed by atoms with Crippen LogP contribution in [0.15, 0.2) is 18.7 Å². The number of imidazole rings is 1. The molecule has 2 aliphatic rings. The van der Waals surface area contributed by atoms with Crippen LogP contribution in [0.3, 0.4) is 0 Å². The number of rotatable bonds is 5. The number of carbonyl (C=O) groups is 1. The van der Waals surface area contributed by atoms with Gasteiger partial charge in [0.25, 0.3) is 0 Å². The van der Waals surface area contributed by atoms with Gasteiger partial charge in [-0.05, 0) is 26.7 Å². The van der Waals surface area contributed by atoms with E-state index in [1.165, 1.54) is 6.33 Å². The molecule has 10 heteroatoms. The molecule has 1 saturated carbocycles. The van der Waals surface area contributed by atoms with E-state index in [9.17, 15) is 9.18 Å². The van der Waals surface area contributed by atoms with Gasteiger partial charge in [-0.15, -0.1) is 0 Å². The summed E-state index contributed by atoms with van der Waals surface area (Å²) in [6.45, 7) is 4.70. The number of carbonyl (C=O) groups excluding carboxylic acids is 1. The van der Waals surface area contributed by atoms with Crippen LogP contribution in [0.5, 0.6) is 5.88 Å². The second-order valence-electron chi connectivity index (χ2n) is 7.74. The molecule has 0 bridgehead atoms. The molecule has 1 saturated heterocycles. The SMILES string of the molecule is CCn1c(-c2cnc(C)nc2)nc2c(OC3CN(C(=O)C4CC4)CC3F)ncnc21. The van der Waals surface area contributed by atoms with Gasteiger partial charge in [0.2, 0.25) is 11.8 Å². The van der Waals surface area contributed by atoms with Crippen molar-refractivity contribution in [3.05, 3.63) is 24.5 Å². The van der Waals surface area contributed by atoms with Crippen LogP contribution in [0.2, 0.25) is 0 Å². The third-order valence-electron chi connectivity index (χ3n) is 5.55. The van der Waals surface area contributed by atoms with Crippen LogP contribution in [-0.2, 0) is 11.3 Å². The van der Waals surface area contributed by atoms with Crippen molar-refractivity contribution < 1.29 is 13.9 Å². The highest BCUT2D eigenvalue weighted by Gasteiger charge is 2.42. The van der Waals surface area contributed by atoms with Gasteiger partial charge in [0.15, 0.2) is 23.4 Å². The Bertz CT molecular complexity index is 1100. The standard InChI is InChI=1S/C20H22FN7O2/c1-3-28-17(13-6-22-11(2)23-7-13)26-16-18(28)24-10-25-19(16)30-15-9-27(8-14(15)21)20(29)12-4-5-12/h6-7,10,12,14-15H,3-5,8-9H2,1-2H3. The molecule has 9 nitrogen and oxygen atoms in total. The number of fused-ring (bicyclic) bond motifs is 1. The van der Waals surface area contributed by atoms with Gasteiger partial charge < -0.3 is 14.2 Å². The van der Waals surface area contributed by atoms with Crippen molar-refractivity contribution in [2.75, 3.05) is 13.1 Å². The molecule has 156 valence electrons. The number of halogens is 1. The number of ether oxygens (including phenoxy) is 1. The first-order valence-electron chi connectivity index (χ1n) is 10.1. The molecule has 5 rings (SSSR count). The minimum atomic E-state index is -1.27. The Morgan fingerprint density at radius 3 is 2.67 bits per heavy atom. The molecule has 1 aliphatic carbocycles. The highest BCUT2D eigenvalue weighted by Crippen LogP contribution is 2.34. The molecule has 4 heterocycles. The van der Waals surface area contributed by atoms with Gasteiger partial charge >= 0.3 is 0 Å². The molecule has 30 heavy (non-hydrogen) atoms. The van der Waals surface area contributed by atoms with Gasteiger partial charge in [-0.2, -0.15) is 4.98 Å². The maximum Gasteiger partial charge on any atom is 0.245 e. The lowest BCUT2D eigenvalue weighted by atomic mass is 10.3. The zero-order valence-electron chi connectivity index (χ0n) is 16.8. The molecule has 2 atom stereocenters. The number of aromatic nitrogens is 6. The summed E-state index contributed by atoms with van der Waals surface area (Å²) in [5, 5.41) is 0. The normalized spacial score (nSPS) is 21.4. The first-order valence-corrected chi connectivity index (χ1v) is 10.1. The molecule has 3 aromatic rings. The highest BCUT2D eigenvalue weighted by atomic mass is 19.1. The minimum Gasteiger partial charge on any atom is -0.468 e. The molecule has 1 aliphatic heterocycles. The quantitative estimate of drug-likeness (QED) is 0.633. The number of likely N-dealkylation sites (tertiary alicyclic amines) is 1. The van der Waals surface area contributed by atoms with Crippen molar-refractivity contribution in [2.45, 2.75) is 45.5 Å². The number of alkyl halides is 1. The third kappa shape index (κ3) is 3.25. The largest absolute Gasteiger partial charge is 0.468 e. The number of hydrogen-bond acceptors (Lipinski definition) is 7. The summed E-state index contributed by atoms with van der Waals surface area (Å²) in [5.41, 5.74) is 1.79. The van der Waals surface area contributed by atoms with Crippen molar-refractivity contribution in [3.63, 3.8) is 0 Å². The molecule has 1 amide bonds. The summed E-state index contributed by atoms with van der Waals surface area (Å²) >= 11 is 0. The lowest BCUT2D eigenvalue weighted by molar-refractivity contribution is -0.131. The molecule has 3 aromatic heterocycles.